The van der Waals surface area contributed by atoms with Gasteiger partial charge in [-0.05, 0) is 18.9 Å². The summed E-state index contributed by atoms with van der Waals surface area (Å²) < 4.78 is 6.30. The molecule has 0 bridgehead atoms. The molecular formula is C16H20N4O3. The van der Waals surface area contributed by atoms with Gasteiger partial charge in [0.25, 0.3) is 5.56 Å². The van der Waals surface area contributed by atoms with Crippen molar-refractivity contribution in [2.45, 2.75) is 51.5 Å². The maximum Gasteiger partial charge on any atom is 0.267 e. The molecule has 0 aliphatic heterocycles. The molecule has 3 rings (SSSR count). The van der Waals surface area contributed by atoms with E-state index in [1.54, 1.807) is 12.1 Å². The summed E-state index contributed by atoms with van der Waals surface area (Å²) in [6.07, 6.45) is 2.18. The van der Waals surface area contributed by atoms with E-state index in [-0.39, 0.29) is 29.3 Å². The number of carbonyl (C=O) groups is 1. The van der Waals surface area contributed by atoms with E-state index < -0.39 is 0 Å². The number of hydrogen-bond donors (Lipinski definition) is 1. The molecule has 0 radical (unpaired) electrons. The summed E-state index contributed by atoms with van der Waals surface area (Å²) in [5, 5.41) is 10.8. The molecule has 1 aliphatic rings. The lowest BCUT2D eigenvalue weighted by Gasteiger charge is -2.12. The highest BCUT2D eigenvalue weighted by Crippen LogP contribution is 2.38. The standard InChI is InChI=1S/C16H20N4O3/c1-16(2,3)12-8-14(23-19-12)17-13(21)9-20-15(22)7-6-11(18-20)10-4-5-10/h6-8,10H,4-5,9H2,1-3H3,(H,17,21). The number of nitrogens with zero attached hydrogens (tertiary/aromatic N) is 3. The normalized spacial score (nSPS) is 14.7. The SMILES string of the molecule is CC(C)(C)c1cc(NC(=O)Cn2nc(C3CC3)ccc2=O)on1. The van der Waals surface area contributed by atoms with E-state index in [1.165, 1.54) is 10.7 Å². The van der Waals surface area contributed by atoms with Gasteiger partial charge in [0, 0.05) is 23.5 Å². The van der Waals surface area contributed by atoms with Crippen molar-refractivity contribution in [1.29, 1.82) is 0 Å². The highest BCUT2D eigenvalue weighted by atomic mass is 16.5. The number of rotatable bonds is 4. The van der Waals surface area contributed by atoms with E-state index in [9.17, 15) is 9.59 Å². The van der Waals surface area contributed by atoms with Gasteiger partial charge >= 0.3 is 0 Å². The van der Waals surface area contributed by atoms with Gasteiger partial charge in [0.15, 0.2) is 0 Å². The van der Waals surface area contributed by atoms with Gasteiger partial charge in [0.2, 0.25) is 11.8 Å². The fourth-order valence-corrected chi connectivity index (χ4v) is 2.18. The molecule has 0 unspecified atom stereocenters. The molecule has 7 heteroatoms. The molecule has 1 amide bonds. The van der Waals surface area contributed by atoms with Gasteiger partial charge in [-0.1, -0.05) is 25.9 Å². The number of hydrogen-bond acceptors (Lipinski definition) is 5. The van der Waals surface area contributed by atoms with Crippen LogP contribution in [0.1, 0.15) is 50.9 Å². The monoisotopic (exact) mass is 316 g/mol. The van der Waals surface area contributed by atoms with E-state index in [2.05, 4.69) is 15.6 Å². The second-order valence-electron chi connectivity index (χ2n) is 6.90. The fraction of sp³-hybridized carbons (Fsp3) is 0.500. The number of aromatic nitrogens is 3. The van der Waals surface area contributed by atoms with Crippen LogP contribution in [-0.4, -0.2) is 20.8 Å². The summed E-state index contributed by atoms with van der Waals surface area (Å²) in [5.41, 5.74) is 1.16. The summed E-state index contributed by atoms with van der Waals surface area (Å²) in [6, 6.07) is 4.88. The zero-order valence-electron chi connectivity index (χ0n) is 13.5. The molecule has 0 spiro atoms. The van der Waals surface area contributed by atoms with Crippen molar-refractivity contribution in [1.82, 2.24) is 14.9 Å². The molecule has 1 saturated carbocycles. The molecule has 0 aromatic carbocycles. The van der Waals surface area contributed by atoms with Gasteiger partial charge < -0.3 is 4.52 Å². The first-order valence-electron chi connectivity index (χ1n) is 7.68. The van der Waals surface area contributed by atoms with Crippen molar-refractivity contribution in [2.24, 2.45) is 0 Å². The summed E-state index contributed by atoms with van der Waals surface area (Å²) in [6.45, 7) is 5.86. The Morgan fingerprint density at radius 2 is 2.13 bits per heavy atom. The zero-order chi connectivity index (χ0) is 16.6. The Morgan fingerprint density at radius 3 is 2.74 bits per heavy atom. The van der Waals surface area contributed by atoms with E-state index in [4.69, 9.17) is 4.52 Å². The van der Waals surface area contributed by atoms with Crippen LogP contribution in [-0.2, 0) is 16.8 Å². The average Bonchev–Trinajstić information content (AvgIpc) is 3.20. The summed E-state index contributed by atoms with van der Waals surface area (Å²) >= 11 is 0. The first-order chi connectivity index (χ1) is 10.8. The van der Waals surface area contributed by atoms with Crippen LogP contribution in [0.3, 0.4) is 0 Å². The number of amides is 1. The highest BCUT2D eigenvalue weighted by Gasteiger charge is 2.26. The fourth-order valence-electron chi connectivity index (χ4n) is 2.18. The van der Waals surface area contributed by atoms with Crippen LogP contribution >= 0.6 is 0 Å². The molecule has 2 heterocycles. The molecular weight excluding hydrogens is 296 g/mol. The van der Waals surface area contributed by atoms with Gasteiger partial charge in [-0.25, -0.2) is 4.68 Å². The largest absolute Gasteiger partial charge is 0.338 e. The Balaban J connectivity index is 1.69. The predicted molar refractivity (Wildman–Crippen MR) is 84.3 cm³/mol. The van der Waals surface area contributed by atoms with Gasteiger partial charge in [0.1, 0.15) is 6.54 Å². The van der Waals surface area contributed by atoms with Crippen molar-refractivity contribution < 1.29 is 9.32 Å². The lowest BCUT2D eigenvalue weighted by atomic mass is 9.92. The lowest BCUT2D eigenvalue weighted by Crippen LogP contribution is -2.29. The topological polar surface area (TPSA) is 90.0 Å². The third-order valence-electron chi connectivity index (χ3n) is 3.72. The molecule has 0 saturated heterocycles. The average molecular weight is 316 g/mol. The molecule has 1 fully saturated rings. The molecule has 122 valence electrons. The summed E-state index contributed by atoms with van der Waals surface area (Å²) in [5.74, 6) is 0.323. The first-order valence-corrected chi connectivity index (χ1v) is 7.68. The number of anilines is 1. The van der Waals surface area contributed by atoms with E-state index in [0.29, 0.717) is 5.92 Å². The summed E-state index contributed by atoms with van der Waals surface area (Å²) in [7, 11) is 0. The molecule has 23 heavy (non-hydrogen) atoms. The maximum atomic E-state index is 12.1. The zero-order valence-corrected chi connectivity index (χ0v) is 13.5. The molecule has 1 N–H and O–H groups in total. The van der Waals surface area contributed by atoms with Crippen LogP contribution in [0, 0.1) is 0 Å². The van der Waals surface area contributed by atoms with Gasteiger partial charge in [-0.2, -0.15) is 5.10 Å². The van der Waals surface area contributed by atoms with E-state index in [0.717, 1.165) is 24.2 Å². The smallest absolute Gasteiger partial charge is 0.267 e. The van der Waals surface area contributed by atoms with Gasteiger partial charge in [-0.15, -0.1) is 0 Å². The van der Waals surface area contributed by atoms with Crippen molar-refractivity contribution in [3.05, 3.63) is 39.9 Å². The Hall–Kier alpha value is -2.44. The minimum absolute atomic E-state index is 0.148. The van der Waals surface area contributed by atoms with Crippen LogP contribution in [0.15, 0.2) is 27.5 Å². The van der Waals surface area contributed by atoms with Crippen LogP contribution in [0.4, 0.5) is 5.88 Å². The molecule has 2 aromatic rings. The van der Waals surface area contributed by atoms with Gasteiger partial charge in [0.05, 0.1) is 11.4 Å². The van der Waals surface area contributed by atoms with Gasteiger partial charge in [-0.3, -0.25) is 14.9 Å². The van der Waals surface area contributed by atoms with E-state index >= 15 is 0 Å². The first kappa shape index (κ1) is 15.5. The second-order valence-corrected chi connectivity index (χ2v) is 6.90. The Bertz CT molecular complexity index is 781. The molecule has 1 aliphatic carbocycles. The maximum absolute atomic E-state index is 12.1. The number of carbonyl (C=O) groups excluding carboxylic acids is 1. The van der Waals surface area contributed by atoms with Crippen molar-refractivity contribution >= 4 is 11.8 Å². The third kappa shape index (κ3) is 3.67. The van der Waals surface area contributed by atoms with Crippen LogP contribution in [0.2, 0.25) is 0 Å². The Morgan fingerprint density at radius 1 is 1.39 bits per heavy atom. The van der Waals surface area contributed by atoms with Crippen LogP contribution in [0.25, 0.3) is 0 Å². The third-order valence-corrected chi connectivity index (χ3v) is 3.72. The Kier molecular flexibility index (Phi) is 3.79. The molecule has 7 nitrogen and oxygen atoms in total. The molecule has 0 atom stereocenters. The highest BCUT2D eigenvalue weighted by molar-refractivity contribution is 5.89. The second kappa shape index (κ2) is 5.64. The quantitative estimate of drug-likeness (QED) is 0.932. The minimum atomic E-state index is -0.371. The molecule has 2 aromatic heterocycles. The predicted octanol–water partition coefficient (Wildman–Crippen LogP) is 2.04. The Labute approximate surface area is 133 Å². The minimum Gasteiger partial charge on any atom is -0.338 e. The van der Waals surface area contributed by atoms with Crippen molar-refractivity contribution in [3.8, 4) is 0 Å². The summed E-state index contributed by atoms with van der Waals surface area (Å²) in [4.78, 5) is 23.9. The van der Waals surface area contributed by atoms with Crippen LogP contribution < -0.4 is 10.9 Å². The van der Waals surface area contributed by atoms with E-state index in [1.807, 2.05) is 20.8 Å². The lowest BCUT2D eigenvalue weighted by molar-refractivity contribution is -0.117. The van der Waals surface area contributed by atoms with Crippen LogP contribution in [0.5, 0.6) is 0 Å². The van der Waals surface area contributed by atoms with Crippen molar-refractivity contribution in [2.75, 3.05) is 5.32 Å². The number of nitrogens with one attached hydrogen (secondary N) is 1. The van der Waals surface area contributed by atoms with Crippen molar-refractivity contribution in [3.63, 3.8) is 0 Å².